The zero-order valence-corrected chi connectivity index (χ0v) is 14.1. The van der Waals surface area contributed by atoms with Crippen LogP contribution in [0.4, 0.5) is 0 Å². The fourth-order valence-corrected chi connectivity index (χ4v) is 4.02. The molecule has 0 spiro atoms. The van der Waals surface area contributed by atoms with Crippen molar-refractivity contribution in [2.24, 2.45) is 0 Å². The van der Waals surface area contributed by atoms with E-state index in [4.69, 9.17) is 4.98 Å². The van der Waals surface area contributed by atoms with Crippen LogP contribution >= 0.6 is 22.7 Å². The fourth-order valence-electron chi connectivity index (χ4n) is 2.50. The van der Waals surface area contributed by atoms with Gasteiger partial charge in [-0.05, 0) is 18.5 Å². The van der Waals surface area contributed by atoms with Gasteiger partial charge in [0.15, 0.2) is 0 Å². The van der Waals surface area contributed by atoms with E-state index in [1.807, 2.05) is 0 Å². The number of rotatable bonds is 6. The molecule has 0 amide bonds. The SMILES string of the molecule is CN(CCN1CCNCC1)Cc1csc(-c2ccsc2)n1. The highest BCUT2D eigenvalue weighted by molar-refractivity contribution is 7.14. The standard InChI is InChI=1S/C15H22N4S2/c1-18(7-8-19-5-3-16-4-6-19)10-14-12-21-15(17-14)13-2-9-20-11-13/h2,9,11-12,16H,3-8,10H2,1H3. The first-order valence-electron chi connectivity index (χ1n) is 7.40. The van der Waals surface area contributed by atoms with Crippen molar-refractivity contribution in [3.8, 4) is 10.6 Å². The lowest BCUT2D eigenvalue weighted by atomic mass is 10.3. The quantitative estimate of drug-likeness (QED) is 0.883. The number of piperazine rings is 1. The summed E-state index contributed by atoms with van der Waals surface area (Å²) in [5, 5.41) is 11.0. The Morgan fingerprint density at radius 3 is 2.95 bits per heavy atom. The van der Waals surface area contributed by atoms with Crippen LogP contribution < -0.4 is 5.32 Å². The molecule has 0 saturated carbocycles. The number of hydrogen-bond acceptors (Lipinski definition) is 6. The van der Waals surface area contributed by atoms with E-state index in [9.17, 15) is 0 Å². The van der Waals surface area contributed by atoms with Crippen molar-refractivity contribution in [3.05, 3.63) is 27.9 Å². The molecule has 2 aromatic rings. The van der Waals surface area contributed by atoms with Crippen LogP contribution in [0.25, 0.3) is 10.6 Å². The van der Waals surface area contributed by atoms with Crippen molar-refractivity contribution in [2.45, 2.75) is 6.54 Å². The van der Waals surface area contributed by atoms with Crippen molar-refractivity contribution in [1.29, 1.82) is 0 Å². The van der Waals surface area contributed by atoms with E-state index in [0.717, 1.165) is 37.7 Å². The molecule has 3 heterocycles. The lowest BCUT2D eigenvalue weighted by molar-refractivity contribution is 0.201. The van der Waals surface area contributed by atoms with Gasteiger partial charge in [0.25, 0.3) is 0 Å². The molecule has 1 aliphatic heterocycles. The number of likely N-dealkylation sites (N-methyl/N-ethyl adjacent to an activating group) is 1. The predicted molar refractivity (Wildman–Crippen MR) is 91.1 cm³/mol. The lowest BCUT2D eigenvalue weighted by Crippen LogP contribution is -2.45. The molecule has 4 nitrogen and oxygen atoms in total. The highest BCUT2D eigenvalue weighted by Crippen LogP contribution is 2.25. The number of nitrogens with zero attached hydrogens (tertiary/aromatic N) is 3. The van der Waals surface area contributed by atoms with Gasteiger partial charge in [0.05, 0.1) is 5.69 Å². The van der Waals surface area contributed by atoms with Crippen LogP contribution in [0.15, 0.2) is 22.2 Å². The van der Waals surface area contributed by atoms with Gasteiger partial charge >= 0.3 is 0 Å². The van der Waals surface area contributed by atoms with Gasteiger partial charge in [0.1, 0.15) is 5.01 Å². The number of aromatic nitrogens is 1. The van der Waals surface area contributed by atoms with Gasteiger partial charge < -0.3 is 5.32 Å². The molecular weight excluding hydrogens is 300 g/mol. The maximum Gasteiger partial charge on any atom is 0.124 e. The van der Waals surface area contributed by atoms with Gasteiger partial charge in [-0.25, -0.2) is 4.98 Å². The minimum Gasteiger partial charge on any atom is -0.314 e. The Bertz CT molecular complexity index is 532. The third-order valence-electron chi connectivity index (χ3n) is 3.76. The van der Waals surface area contributed by atoms with Gasteiger partial charge in [0.2, 0.25) is 0 Å². The largest absolute Gasteiger partial charge is 0.314 e. The molecule has 0 aromatic carbocycles. The average Bonchev–Trinajstić information content (AvgIpc) is 3.17. The summed E-state index contributed by atoms with van der Waals surface area (Å²) in [6, 6.07) is 2.14. The summed E-state index contributed by atoms with van der Waals surface area (Å²) in [6.45, 7) is 7.79. The Labute approximate surface area is 134 Å². The molecule has 6 heteroatoms. The molecule has 2 aromatic heterocycles. The Morgan fingerprint density at radius 1 is 1.33 bits per heavy atom. The predicted octanol–water partition coefficient (Wildman–Crippen LogP) is 2.21. The molecular formula is C15H22N4S2. The maximum absolute atomic E-state index is 4.75. The molecule has 0 bridgehead atoms. The Balaban J connectivity index is 1.47. The van der Waals surface area contributed by atoms with Crippen LogP contribution in [-0.4, -0.2) is 61.1 Å². The Kier molecular flexibility index (Phi) is 5.38. The Hall–Kier alpha value is -0.790. The molecule has 3 rings (SSSR count). The monoisotopic (exact) mass is 322 g/mol. The second-order valence-electron chi connectivity index (χ2n) is 5.49. The molecule has 1 saturated heterocycles. The maximum atomic E-state index is 4.75. The topological polar surface area (TPSA) is 31.4 Å². The normalized spacial score (nSPS) is 16.7. The highest BCUT2D eigenvalue weighted by atomic mass is 32.1. The minimum atomic E-state index is 0.937. The van der Waals surface area contributed by atoms with Gasteiger partial charge in [-0.15, -0.1) is 11.3 Å². The van der Waals surface area contributed by atoms with Gasteiger partial charge in [-0.1, -0.05) is 0 Å². The van der Waals surface area contributed by atoms with E-state index < -0.39 is 0 Å². The van der Waals surface area contributed by atoms with Crippen LogP contribution in [0, 0.1) is 0 Å². The lowest BCUT2D eigenvalue weighted by Gasteiger charge is -2.28. The van der Waals surface area contributed by atoms with E-state index in [-0.39, 0.29) is 0 Å². The number of nitrogens with one attached hydrogen (secondary N) is 1. The minimum absolute atomic E-state index is 0.937. The number of hydrogen-bond donors (Lipinski definition) is 1. The van der Waals surface area contributed by atoms with Crippen molar-refractivity contribution >= 4 is 22.7 Å². The Morgan fingerprint density at radius 2 is 2.19 bits per heavy atom. The molecule has 114 valence electrons. The number of thiophene rings is 1. The second-order valence-corrected chi connectivity index (χ2v) is 7.12. The molecule has 0 radical (unpaired) electrons. The van der Waals surface area contributed by atoms with Crippen LogP contribution in [0.2, 0.25) is 0 Å². The zero-order valence-electron chi connectivity index (χ0n) is 12.4. The van der Waals surface area contributed by atoms with Crippen LogP contribution in [0.5, 0.6) is 0 Å². The molecule has 21 heavy (non-hydrogen) atoms. The van der Waals surface area contributed by atoms with Crippen molar-refractivity contribution in [1.82, 2.24) is 20.1 Å². The molecule has 1 N–H and O–H groups in total. The van der Waals surface area contributed by atoms with Crippen molar-refractivity contribution < 1.29 is 0 Å². The van der Waals surface area contributed by atoms with Crippen LogP contribution in [0.3, 0.4) is 0 Å². The average molecular weight is 323 g/mol. The highest BCUT2D eigenvalue weighted by Gasteiger charge is 2.11. The van der Waals surface area contributed by atoms with Crippen molar-refractivity contribution in [3.63, 3.8) is 0 Å². The molecule has 0 atom stereocenters. The van der Waals surface area contributed by atoms with Gasteiger partial charge in [-0.3, -0.25) is 9.80 Å². The van der Waals surface area contributed by atoms with E-state index in [1.54, 1.807) is 22.7 Å². The van der Waals surface area contributed by atoms with Gasteiger partial charge in [0, 0.05) is 62.1 Å². The third kappa shape index (κ3) is 4.34. The van der Waals surface area contributed by atoms with Crippen LogP contribution in [-0.2, 0) is 6.54 Å². The fraction of sp³-hybridized carbons (Fsp3) is 0.533. The van der Waals surface area contributed by atoms with Crippen molar-refractivity contribution in [2.75, 3.05) is 46.3 Å². The summed E-state index contributed by atoms with van der Waals surface area (Å²) in [7, 11) is 2.19. The molecule has 1 fully saturated rings. The summed E-state index contributed by atoms with van der Waals surface area (Å²) in [5.41, 5.74) is 2.43. The van der Waals surface area contributed by atoms with E-state index >= 15 is 0 Å². The smallest absolute Gasteiger partial charge is 0.124 e. The van der Waals surface area contributed by atoms with E-state index in [1.165, 1.54) is 24.3 Å². The molecule has 0 unspecified atom stereocenters. The summed E-state index contributed by atoms with van der Waals surface area (Å²) in [4.78, 5) is 9.65. The first kappa shape index (κ1) is 15.1. The first-order valence-corrected chi connectivity index (χ1v) is 9.22. The van der Waals surface area contributed by atoms with Crippen LogP contribution in [0.1, 0.15) is 5.69 Å². The zero-order chi connectivity index (χ0) is 14.5. The summed E-state index contributed by atoms with van der Waals surface area (Å²) in [5.74, 6) is 0. The van der Waals surface area contributed by atoms with Gasteiger partial charge in [-0.2, -0.15) is 11.3 Å². The number of thiazole rings is 1. The summed E-state index contributed by atoms with van der Waals surface area (Å²) >= 11 is 3.47. The molecule has 0 aliphatic carbocycles. The summed E-state index contributed by atoms with van der Waals surface area (Å²) < 4.78 is 0. The summed E-state index contributed by atoms with van der Waals surface area (Å²) in [6.07, 6.45) is 0. The third-order valence-corrected chi connectivity index (χ3v) is 5.38. The molecule has 1 aliphatic rings. The first-order chi connectivity index (χ1) is 10.3. The second kappa shape index (κ2) is 7.47. The van der Waals surface area contributed by atoms with E-state index in [0.29, 0.717) is 0 Å². The van der Waals surface area contributed by atoms with E-state index in [2.05, 4.69) is 44.4 Å².